The Hall–Kier alpha value is -2.49. The summed E-state index contributed by atoms with van der Waals surface area (Å²) in [5, 5.41) is 3.01. The lowest BCUT2D eigenvalue weighted by atomic mass is 10.0. The third-order valence-corrected chi connectivity index (χ3v) is 4.12. The average Bonchev–Trinajstić information content (AvgIpc) is 3.01. The molecule has 1 heterocycles. The quantitative estimate of drug-likeness (QED) is 0.892. The highest BCUT2D eigenvalue weighted by Gasteiger charge is 2.23. The first-order chi connectivity index (χ1) is 11.3. The zero-order chi connectivity index (χ0) is 16.1. The van der Waals surface area contributed by atoms with E-state index in [1.54, 1.807) is 7.11 Å². The summed E-state index contributed by atoms with van der Waals surface area (Å²) in [5.74, 6) is 2.06. The van der Waals surface area contributed by atoms with E-state index in [0.29, 0.717) is 26.0 Å². The average molecular weight is 311 g/mol. The van der Waals surface area contributed by atoms with Crippen molar-refractivity contribution in [1.29, 1.82) is 0 Å². The minimum atomic E-state index is 0.0669. The number of ether oxygens (including phenoxy) is 2. The molecule has 2 aromatic rings. The number of amides is 1. The van der Waals surface area contributed by atoms with Crippen molar-refractivity contribution < 1.29 is 14.3 Å². The first-order valence-corrected chi connectivity index (χ1v) is 7.87. The molecule has 2 aromatic carbocycles. The number of aryl methyl sites for hydroxylation is 1. The van der Waals surface area contributed by atoms with Gasteiger partial charge in [-0.15, -0.1) is 0 Å². The second kappa shape index (κ2) is 7.18. The molecule has 1 aliphatic rings. The molecule has 1 N–H and O–H groups in total. The van der Waals surface area contributed by atoms with E-state index in [1.165, 1.54) is 5.56 Å². The highest BCUT2D eigenvalue weighted by molar-refractivity contribution is 5.76. The number of para-hydroxylation sites is 1. The molecule has 0 saturated carbocycles. The summed E-state index contributed by atoms with van der Waals surface area (Å²) in [6.07, 6.45) is 1.18. The molecular weight excluding hydrogens is 290 g/mol. The molecule has 1 atom stereocenters. The van der Waals surface area contributed by atoms with E-state index in [-0.39, 0.29) is 11.8 Å². The summed E-state index contributed by atoms with van der Waals surface area (Å²) in [4.78, 5) is 12.1. The summed E-state index contributed by atoms with van der Waals surface area (Å²) in [6.45, 7) is 1.25. The first-order valence-electron chi connectivity index (χ1n) is 7.87. The number of benzene rings is 2. The first kappa shape index (κ1) is 15.4. The largest absolute Gasteiger partial charge is 0.497 e. The van der Waals surface area contributed by atoms with Gasteiger partial charge in [0.15, 0.2) is 0 Å². The number of hydrogen-bond acceptors (Lipinski definition) is 3. The standard InChI is InChI=1S/C19H21NO3/c1-22-16-6-4-5-14(11-16)9-10-19(21)20-12-15-13-23-18-8-3-2-7-17(15)18/h2-8,11,15H,9-10,12-13H2,1H3,(H,20,21). The van der Waals surface area contributed by atoms with Crippen LogP contribution in [0, 0.1) is 0 Å². The van der Waals surface area contributed by atoms with Gasteiger partial charge in [0.1, 0.15) is 11.5 Å². The predicted molar refractivity (Wildman–Crippen MR) is 89.0 cm³/mol. The number of carbonyl (C=O) groups is 1. The normalized spacial score (nSPS) is 15.6. The van der Waals surface area contributed by atoms with Gasteiger partial charge < -0.3 is 14.8 Å². The lowest BCUT2D eigenvalue weighted by Crippen LogP contribution is -2.29. The smallest absolute Gasteiger partial charge is 0.220 e. The van der Waals surface area contributed by atoms with Crippen LogP contribution in [0.4, 0.5) is 0 Å². The lowest BCUT2D eigenvalue weighted by molar-refractivity contribution is -0.121. The Morgan fingerprint density at radius 1 is 1.26 bits per heavy atom. The molecule has 1 amide bonds. The molecule has 0 spiro atoms. The van der Waals surface area contributed by atoms with Crippen LogP contribution in [-0.2, 0) is 11.2 Å². The number of hydrogen-bond donors (Lipinski definition) is 1. The van der Waals surface area contributed by atoms with E-state index in [1.807, 2.05) is 42.5 Å². The number of rotatable bonds is 6. The number of methoxy groups -OCH3 is 1. The van der Waals surface area contributed by atoms with Crippen molar-refractivity contribution in [2.45, 2.75) is 18.8 Å². The molecular formula is C19H21NO3. The zero-order valence-corrected chi connectivity index (χ0v) is 13.2. The Labute approximate surface area is 136 Å². The van der Waals surface area contributed by atoms with Gasteiger partial charge in [0.05, 0.1) is 13.7 Å². The second-order valence-electron chi connectivity index (χ2n) is 5.70. The van der Waals surface area contributed by atoms with Crippen molar-refractivity contribution in [2.75, 3.05) is 20.3 Å². The molecule has 4 heteroatoms. The van der Waals surface area contributed by atoms with Gasteiger partial charge in [0.2, 0.25) is 5.91 Å². The molecule has 1 unspecified atom stereocenters. The highest BCUT2D eigenvalue weighted by Crippen LogP contribution is 2.32. The van der Waals surface area contributed by atoms with Gasteiger partial charge in [-0.2, -0.15) is 0 Å². The molecule has 1 aliphatic heterocycles. The van der Waals surface area contributed by atoms with Gasteiger partial charge in [-0.05, 0) is 30.2 Å². The Morgan fingerprint density at radius 3 is 3.00 bits per heavy atom. The van der Waals surface area contributed by atoms with Crippen LogP contribution >= 0.6 is 0 Å². The highest BCUT2D eigenvalue weighted by atomic mass is 16.5. The van der Waals surface area contributed by atoms with E-state index < -0.39 is 0 Å². The van der Waals surface area contributed by atoms with Crippen molar-refractivity contribution in [3.8, 4) is 11.5 Å². The topological polar surface area (TPSA) is 47.6 Å². The van der Waals surface area contributed by atoms with E-state index in [9.17, 15) is 4.79 Å². The fourth-order valence-electron chi connectivity index (χ4n) is 2.81. The monoisotopic (exact) mass is 311 g/mol. The summed E-state index contributed by atoms with van der Waals surface area (Å²) < 4.78 is 10.8. The van der Waals surface area contributed by atoms with Crippen molar-refractivity contribution in [1.82, 2.24) is 5.32 Å². The van der Waals surface area contributed by atoms with Crippen molar-refractivity contribution in [3.05, 3.63) is 59.7 Å². The third kappa shape index (κ3) is 3.83. The molecule has 23 heavy (non-hydrogen) atoms. The van der Waals surface area contributed by atoms with Crippen molar-refractivity contribution in [3.63, 3.8) is 0 Å². The second-order valence-corrected chi connectivity index (χ2v) is 5.70. The molecule has 0 aromatic heterocycles. The summed E-state index contributed by atoms with van der Waals surface area (Å²) >= 11 is 0. The Kier molecular flexibility index (Phi) is 4.81. The van der Waals surface area contributed by atoms with E-state index in [2.05, 4.69) is 11.4 Å². The summed E-state index contributed by atoms with van der Waals surface area (Å²) in [5.41, 5.74) is 2.29. The van der Waals surface area contributed by atoms with Crippen LogP contribution in [0.2, 0.25) is 0 Å². The van der Waals surface area contributed by atoms with Crippen LogP contribution in [-0.4, -0.2) is 26.2 Å². The van der Waals surface area contributed by atoms with Gasteiger partial charge >= 0.3 is 0 Å². The molecule has 0 saturated heterocycles. The van der Waals surface area contributed by atoms with Gasteiger partial charge in [-0.3, -0.25) is 4.79 Å². The Morgan fingerprint density at radius 2 is 2.13 bits per heavy atom. The fourth-order valence-corrected chi connectivity index (χ4v) is 2.81. The van der Waals surface area contributed by atoms with Gasteiger partial charge in [0, 0.05) is 24.4 Å². The molecule has 0 aliphatic carbocycles. The lowest BCUT2D eigenvalue weighted by Gasteiger charge is -2.11. The molecule has 120 valence electrons. The molecule has 0 bridgehead atoms. The third-order valence-electron chi connectivity index (χ3n) is 4.12. The number of nitrogens with one attached hydrogen (secondary N) is 1. The van der Waals surface area contributed by atoms with Crippen molar-refractivity contribution >= 4 is 5.91 Å². The SMILES string of the molecule is COc1cccc(CCC(=O)NCC2COc3ccccc32)c1. The van der Waals surface area contributed by atoms with Crippen LogP contribution in [0.5, 0.6) is 11.5 Å². The summed E-state index contributed by atoms with van der Waals surface area (Å²) in [6, 6.07) is 15.8. The molecule has 0 radical (unpaired) electrons. The number of fused-ring (bicyclic) bond motifs is 1. The fraction of sp³-hybridized carbons (Fsp3) is 0.316. The molecule has 4 nitrogen and oxygen atoms in total. The van der Waals surface area contributed by atoms with Crippen LogP contribution in [0.3, 0.4) is 0 Å². The predicted octanol–water partition coefficient (Wildman–Crippen LogP) is 2.92. The van der Waals surface area contributed by atoms with Crippen LogP contribution < -0.4 is 14.8 Å². The maximum Gasteiger partial charge on any atom is 0.220 e. The van der Waals surface area contributed by atoms with E-state index in [4.69, 9.17) is 9.47 Å². The van der Waals surface area contributed by atoms with Crippen molar-refractivity contribution in [2.24, 2.45) is 0 Å². The van der Waals surface area contributed by atoms with Crippen LogP contribution in [0.1, 0.15) is 23.5 Å². The minimum absolute atomic E-state index is 0.0669. The van der Waals surface area contributed by atoms with Gasteiger partial charge in [-0.25, -0.2) is 0 Å². The van der Waals surface area contributed by atoms with E-state index >= 15 is 0 Å². The zero-order valence-electron chi connectivity index (χ0n) is 13.2. The minimum Gasteiger partial charge on any atom is -0.497 e. The summed E-state index contributed by atoms with van der Waals surface area (Å²) in [7, 11) is 1.65. The van der Waals surface area contributed by atoms with Crippen LogP contribution in [0.25, 0.3) is 0 Å². The Bertz CT molecular complexity index is 684. The maximum absolute atomic E-state index is 12.1. The van der Waals surface area contributed by atoms with Crippen LogP contribution in [0.15, 0.2) is 48.5 Å². The van der Waals surface area contributed by atoms with Gasteiger partial charge in [0.25, 0.3) is 0 Å². The number of carbonyl (C=O) groups excluding carboxylic acids is 1. The maximum atomic E-state index is 12.1. The molecule has 3 rings (SSSR count). The molecule has 0 fully saturated rings. The van der Waals surface area contributed by atoms with Gasteiger partial charge in [-0.1, -0.05) is 30.3 Å². The van der Waals surface area contributed by atoms with E-state index in [0.717, 1.165) is 17.1 Å². The Balaban J connectivity index is 1.47.